The number of rotatable bonds is 4. The lowest BCUT2D eigenvalue weighted by molar-refractivity contribution is 0.447. The van der Waals surface area contributed by atoms with Gasteiger partial charge in [0.1, 0.15) is 22.7 Å². The Hall–Kier alpha value is -7.88. The van der Waals surface area contributed by atoms with Gasteiger partial charge in [0, 0.05) is 49.7 Å². The van der Waals surface area contributed by atoms with Crippen LogP contribution in [0.2, 0.25) is 0 Å². The highest BCUT2D eigenvalue weighted by molar-refractivity contribution is 6.07. The Labute approximate surface area is 347 Å². The first-order valence-electron chi connectivity index (χ1n) is 20.6. The third-order valence-corrected chi connectivity index (χ3v) is 12.9. The molecule has 1 aromatic heterocycles. The molecule has 2 heterocycles. The third-order valence-electron chi connectivity index (χ3n) is 12.9. The number of para-hydroxylation sites is 2. The zero-order valence-corrected chi connectivity index (χ0v) is 32.5. The topological polar surface area (TPSA) is 25.6 Å². The van der Waals surface area contributed by atoms with Gasteiger partial charge in [-0.25, -0.2) is 0 Å². The van der Waals surface area contributed by atoms with Crippen molar-refractivity contribution >= 4 is 60.5 Å². The maximum absolute atomic E-state index is 7.17. The summed E-state index contributed by atoms with van der Waals surface area (Å²) < 4.78 is 13.4. The molecule has 3 heteroatoms. The van der Waals surface area contributed by atoms with Crippen molar-refractivity contribution in [2.45, 2.75) is 5.41 Å². The zero-order valence-electron chi connectivity index (χ0n) is 32.5. The van der Waals surface area contributed by atoms with Crippen molar-refractivity contribution in [3.05, 3.63) is 235 Å². The van der Waals surface area contributed by atoms with Crippen molar-refractivity contribution in [1.29, 1.82) is 0 Å². The van der Waals surface area contributed by atoms with Crippen molar-refractivity contribution in [2.24, 2.45) is 0 Å². The van der Waals surface area contributed by atoms with E-state index in [1.165, 1.54) is 38.9 Å². The van der Waals surface area contributed by atoms with E-state index in [2.05, 4.69) is 205 Å². The summed E-state index contributed by atoms with van der Waals surface area (Å²) in [5.74, 6) is 1.86. The number of hydrogen-bond acceptors (Lipinski definition) is 3. The van der Waals surface area contributed by atoms with Crippen LogP contribution in [-0.4, -0.2) is 0 Å². The fourth-order valence-electron chi connectivity index (χ4n) is 10.4. The lowest BCUT2D eigenvalue weighted by atomic mass is 9.65. The lowest BCUT2D eigenvalue weighted by Gasteiger charge is -2.40. The van der Waals surface area contributed by atoms with E-state index in [0.29, 0.717) is 0 Å². The van der Waals surface area contributed by atoms with Gasteiger partial charge in [-0.15, -0.1) is 0 Å². The molecule has 0 bridgehead atoms. The van der Waals surface area contributed by atoms with Gasteiger partial charge in [-0.05, 0) is 92.7 Å². The molecule has 0 radical (unpaired) electrons. The summed E-state index contributed by atoms with van der Waals surface area (Å²) in [6, 6.07) is 76.7. The summed E-state index contributed by atoms with van der Waals surface area (Å²) in [4.78, 5) is 2.33. The molecule has 0 atom stereocenters. The highest BCUT2D eigenvalue weighted by Gasteiger charge is 2.52. The molecule has 1 aliphatic heterocycles. The first-order chi connectivity index (χ1) is 29.8. The monoisotopic (exact) mass is 765 g/mol. The molecule has 0 amide bonds. The molecule has 0 unspecified atom stereocenters. The Morgan fingerprint density at radius 2 is 0.917 bits per heavy atom. The number of nitrogens with zero attached hydrogens (tertiary/aromatic N) is 1. The minimum Gasteiger partial charge on any atom is -0.456 e. The van der Waals surface area contributed by atoms with Crippen LogP contribution in [0.15, 0.2) is 217 Å². The largest absolute Gasteiger partial charge is 0.456 e. The first kappa shape index (κ1) is 33.1. The molecular weight excluding hydrogens is 731 g/mol. The Morgan fingerprint density at radius 3 is 1.67 bits per heavy atom. The number of furan rings is 1. The van der Waals surface area contributed by atoms with Crippen LogP contribution in [-0.2, 0) is 5.41 Å². The van der Waals surface area contributed by atoms with E-state index in [1.54, 1.807) is 0 Å². The molecular formula is C57H35NO2. The van der Waals surface area contributed by atoms with E-state index in [-0.39, 0.29) is 0 Å². The maximum atomic E-state index is 7.17. The van der Waals surface area contributed by atoms with Gasteiger partial charge < -0.3 is 14.1 Å². The first-order valence-corrected chi connectivity index (χ1v) is 20.6. The van der Waals surface area contributed by atoms with Crippen LogP contribution in [0.3, 0.4) is 0 Å². The summed E-state index contributed by atoms with van der Waals surface area (Å²) in [6.45, 7) is 0. The van der Waals surface area contributed by atoms with Crippen molar-refractivity contribution in [2.75, 3.05) is 4.90 Å². The van der Waals surface area contributed by atoms with Gasteiger partial charge in [0.2, 0.25) is 0 Å². The fourth-order valence-corrected chi connectivity index (χ4v) is 10.4. The molecule has 0 saturated carbocycles. The number of benzene rings is 10. The fraction of sp³-hybridized carbons (Fsp3) is 0.0175. The molecule has 0 fully saturated rings. The average Bonchev–Trinajstić information content (AvgIpc) is 3.83. The van der Waals surface area contributed by atoms with Crippen LogP contribution in [0.1, 0.15) is 22.3 Å². The van der Waals surface area contributed by atoms with Crippen LogP contribution in [0, 0.1) is 0 Å². The molecule has 13 rings (SSSR count). The van der Waals surface area contributed by atoms with E-state index in [9.17, 15) is 0 Å². The van der Waals surface area contributed by atoms with Crippen LogP contribution in [0.25, 0.3) is 65.7 Å². The summed E-state index contributed by atoms with van der Waals surface area (Å²) in [7, 11) is 0. The van der Waals surface area contributed by atoms with E-state index in [1.807, 2.05) is 12.1 Å². The van der Waals surface area contributed by atoms with Gasteiger partial charge >= 0.3 is 0 Å². The number of ether oxygens (including phenoxy) is 1. The van der Waals surface area contributed by atoms with Crippen molar-refractivity contribution in [3.8, 4) is 33.8 Å². The van der Waals surface area contributed by atoms with Gasteiger partial charge in [-0.1, -0.05) is 164 Å². The smallest absolute Gasteiger partial charge is 0.140 e. The highest BCUT2D eigenvalue weighted by atomic mass is 16.5. The second-order valence-electron chi connectivity index (χ2n) is 15.9. The molecule has 2 aliphatic rings. The normalized spacial score (nSPS) is 13.3. The summed E-state index contributed by atoms with van der Waals surface area (Å²) >= 11 is 0. The van der Waals surface area contributed by atoms with Crippen LogP contribution in [0.4, 0.5) is 17.1 Å². The zero-order chi connectivity index (χ0) is 39.4. The quantitative estimate of drug-likeness (QED) is 0.178. The SMILES string of the molecule is c1ccc(N(c2ccc(-c3cccc4c3-c3ccccc3C43c4ccc5ccccc5c4Oc4c3ccc3ccccc43)cc2)c2ccc3oc4ccccc4c3c2)cc1. The Bertz CT molecular complexity index is 3440. The Balaban J connectivity index is 1.02. The minimum atomic E-state index is -0.598. The summed E-state index contributed by atoms with van der Waals surface area (Å²) in [6.07, 6.45) is 0. The molecule has 1 aliphatic carbocycles. The standard InChI is InChI=1S/C57H35NO2/c1-2-15-39(16-3-1)58(41-31-34-53-47(35-41)45-19-9-11-24-52(45)59-53)40-29-25-38(26-30-40)42-21-12-23-49-54(42)46-20-8-10-22-48(46)57(49)50-32-27-36-13-4-6-17-43(36)55(50)60-56-44-18-7-5-14-37(44)28-33-51(56)57/h1-35H. The molecule has 0 saturated heterocycles. The van der Waals surface area contributed by atoms with E-state index in [0.717, 1.165) is 77.6 Å². The van der Waals surface area contributed by atoms with Crippen LogP contribution >= 0.6 is 0 Å². The van der Waals surface area contributed by atoms with Gasteiger partial charge in [-0.2, -0.15) is 0 Å². The summed E-state index contributed by atoms with van der Waals surface area (Å²) in [5, 5.41) is 6.79. The van der Waals surface area contributed by atoms with Crippen molar-refractivity contribution in [3.63, 3.8) is 0 Å². The number of fused-ring (bicyclic) bond motifs is 16. The molecule has 3 nitrogen and oxygen atoms in total. The molecule has 10 aromatic carbocycles. The van der Waals surface area contributed by atoms with Crippen molar-refractivity contribution in [1.82, 2.24) is 0 Å². The Kier molecular flexibility index (Phi) is 6.93. The van der Waals surface area contributed by atoms with Crippen LogP contribution < -0.4 is 9.64 Å². The van der Waals surface area contributed by atoms with Gasteiger partial charge in [0.05, 0.1) is 5.41 Å². The lowest BCUT2D eigenvalue weighted by Crippen LogP contribution is -2.32. The van der Waals surface area contributed by atoms with E-state index >= 15 is 0 Å². The van der Waals surface area contributed by atoms with Gasteiger partial charge in [-0.3, -0.25) is 0 Å². The minimum absolute atomic E-state index is 0.598. The molecule has 280 valence electrons. The maximum Gasteiger partial charge on any atom is 0.140 e. The van der Waals surface area contributed by atoms with Gasteiger partial charge in [0.25, 0.3) is 0 Å². The predicted molar refractivity (Wildman–Crippen MR) is 246 cm³/mol. The average molecular weight is 766 g/mol. The molecule has 1 spiro atoms. The van der Waals surface area contributed by atoms with Crippen molar-refractivity contribution < 1.29 is 9.15 Å². The second kappa shape index (κ2) is 12.6. The molecule has 60 heavy (non-hydrogen) atoms. The molecule has 11 aromatic rings. The van der Waals surface area contributed by atoms with Crippen LogP contribution in [0.5, 0.6) is 11.5 Å². The summed E-state index contributed by atoms with van der Waals surface area (Å²) in [5.41, 5.74) is 14.2. The molecule has 0 N–H and O–H groups in total. The number of anilines is 3. The second-order valence-corrected chi connectivity index (χ2v) is 15.9. The van der Waals surface area contributed by atoms with E-state index < -0.39 is 5.41 Å². The third kappa shape index (κ3) is 4.54. The van der Waals surface area contributed by atoms with E-state index in [4.69, 9.17) is 9.15 Å². The van der Waals surface area contributed by atoms with Gasteiger partial charge in [0.15, 0.2) is 0 Å². The highest BCUT2D eigenvalue weighted by Crippen LogP contribution is 2.65. The Morgan fingerprint density at radius 1 is 0.350 bits per heavy atom. The predicted octanol–water partition coefficient (Wildman–Crippen LogP) is 15.5. The number of hydrogen-bond donors (Lipinski definition) is 0.